The van der Waals surface area contributed by atoms with Gasteiger partial charge >= 0.3 is 11.9 Å². The number of nitro groups is 1. The summed E-state index contributed by atoms with van der Waals surface area (Å²) in [6.07, 6.45) is -4.71. The van der Waals surface area contributed by atoms with E-state index in [1.807, 2.05) is 12.1 Å². The van der Waals surface area contributed by atoms with E-state index in [2.05, 4.69) is 4.90 Å². The van der Waals surface area contributed by atoms with Gasteiger partial charge in [0.25, 0.3) is 0 Å². The van der Waals surface area contributed by atoms with Crippen LogP contribution in [0.15, 0.2) is 48.5 Å². The number of benzene rings is 3. The van der Waals surface area contributed by atoms with Crippen molar-refractivity contribution in [3.05, 3.63) is 69.2 Å². The van der Waals surface area contributed by atoms with E-state index >= 15 is 0 Å². The minimum Gasteiger partial charge on any atom is -0.448 e. The van der Waals surface area contributed by atoms with Gasteiger partial charge in [0.1, 0.15) is 5.75 Å². The number of alkyl halides is 3. The van der Waals surface area contributed by atoms with Gasteiger partial charge in [0.15, 0.2) is 0 Å². The first-order chi connectivity index (χ1) is 14.8. The molecule has 4 rings (SSSR count). The minimum absolute atomic E-state index is 0.115. The molecule has 0 N–H and O–H groups in total. The van der Waals surface area contributed by atoms with E-state index in [4.69, 9.17) is 21.1 Å². The second kappa shape index (κ2) is 8.24. The Morgan fingerprint density at radius 2 is 1.71 bits per heavy atom. The molecular formula is C21H16ClF3N2O4. The molecule has 3 aromatic rings. The lowest BCUT2D eigenvalue weighted by atomic mass is 10.1. The predicted molar refractivity (Wildman–Crippen MR) is 110 cm³/mol. The minimum atomic E-state index is -4.71. The van der Waals surface area contributed by atoms with Crippen LogP contribution in [0.25, 0.3) is 10.8 Å². The summed E-state index contributed by atoms with van der Waals surface area (Å²) < 4.78 is 50.1. The zero-order chi connectivity index (χ0) is 22.2. The van der Waals surface area contributed by atoms with Gasteiger partial charge in [0.2, 0.25) is 5.75 Å². The van der Waals surface area contributed by atoms with Gasteiger partial charge in [-0.2, -0.15) is 13.2 Å². The molecular weight excluding hydrogens is 437 g/mol. The summed E-state index contributed by atoms with van der Waals surface area (Å²) >= 11 is 6.52. The zero-order valence-electron chi connectivity index (χ0n) is 16.0. The lowest BCUT2D eigenvalue weighted by Crippen LogP contribution is -2.36. The van der Waals surface area contributed by atoms with Crippen molar-refractivity contribution < 1.29 is 27.6 Å². The molecule has 1 heterocycles. The number of morpholine rings is 1. The molecule has 0 bridgehead atoms. The molecule has 1 aliphatic rings. The summed E-state index contributed by atoms with van der Waals surface area (Å²) in [4.78, 5) is 12.6. The van der Waals surface area contributed by atoms with Crippen molar-refractivity contribution >= 4 is 33.7 Å². The van der Waals surface area contributed by atoms with Gasteiger partial charge in [-0.25, -0.2) is 0 Å². The average molecular weight is 453 g/mol. The second-order valence-corrected chi connectivity index (χ2v) is 7.27. The SMILES string of the molecule is O=[N+]([O-])c1cc(C(F)(F)F)ccc1Oc1cc(N2CCOCC2)c2ccccc2c1Cl. The molecule has 0 atom stereocenters. The lowest BCUT2D eigenvalue weighted by Gasteiger charge is -2.30. The molecule has 3 aromatic carbocycles. The summed E-state index contributed by atoms with van der Waals surface area (Å²) in [5.41, 5.74) is -1.13. The molecule has 1 fully saturated rings. The Bertz CT molecular complexity index is 1150. The Morgan fingerprint density at radius 1 is 1.03 bits per heavy atom. The fourth-order valence-corrected chi connectivity index (χ4v) is 3.74. The average Bonchev–Trinajstić information content (AvgIpc) is 2.75. The molecule has 1 saturated heterocycles. The Hall–Kier alpha value is -3.04. The van der Waals surface area contributed by atoms with Crippen LogP contribution in [0.4, 0.5) is 24.5 Å². The zero-order valence-corrected chi connectivity index (χ0v) is 16.7. The molecule has 1 aliphatic heterocycles. The van der Waals surface area contributed by atoms with Crippen molar-refractivity contribution in [2.45, 2.75) is 6.18 Å². The summed E-state index contributed by atoms with van der Waals surface area (Å²) in [5, 5.41) is 13.1. The van der Waals surface area contributed by atoms with Gasteiger partial charge in [-0.05, 0) is 12.1 Å². The van der Waals surface area contributed by atoms with Gasteiger partial charge in [0.05, 0.1) is 28.7 Å². The molecule has 0 amide bonds. The van der Waals surface area contributed by atoms with E-state index in [0.29, 0.717) is 37.8 Å². The van der Waals surface area contributed by atoms with E-state index in [1.165, 1.54) is 0 Å². The van der Waals surface area contributed by atoms with Crippen LogP contribution in [0, 0.1) is 10.1 Å². The maximum atomic E-state index is 13.0. The number of ether oxygens (including phenoxy) is 2. The lowest BCUT2D eigenvalue weighted by molar-refractivity contribution is -0.385. The van der Waals surface area contributed by atoms with Gasteiger partial charge in [0, 0.05) is 41.7 Å². The molecule has 6 nitrogen and oxygen atoms in total. The number of hydrogen-bond acceptors (Lipinski definition) is 5. The number of nitro benzene ring substituents is 1. The van der Waals surface area contributed by atoms with Crippen molar-refractivity contribution in [2.75, 3.05) is 31.2 Å². The van der Waals surface area contributed by atoms with Crippen LogP contribution >= 0.6 is 11.6 Å². The first-order valence-corrected chi connectivity index (χ1v) is 9.71. The van der Waals surface area contributed by atoms with E-state index in [0.717, 1.165) is 23.2 Å². The fraction of sp³-hybridized carbons (Fsp3) is 0.238. The molecule has 0 saturated carbocycles. The van der Waals surface area contributed by atoms with E-state index in [1.54, 1.807) is 18.2 Å². The van der Waals surface area contributed by atoms with Gasteiger partial charge < -0.3 is 14.4 Å². The van der Waals surface area contributed by atoms with Crippen molar-refractivity contribution in [2.24, 2.45) is 0 Å². The number of rotatable bonds is 4. The van der Waals surface area contributed by atoms with Crippen LogP contribution in [-0.4, -0.2) is 31.2 Å². The standard InChI is InChI=1S/C21H16ClF3N2O4/c22-20-15-4-2-1-3-14(15)16(26-7-9-30-10-8-26)12-19(20)31-18-6-5-13(21(23,24)25)11-17(18)27(28)29/h1-6,11-12H,7-10H2. The molecule has 31 heavy (non-hydrogen) atoms. The maximum absolute atomic E-state index is 13.0. The third-order valence-electron chi connectivity index (χ3n) is 4.98. The first kappa shape index (κ1) is 21.2. The monoisotopic (exact) mass is 452 g/mol. The molecule has 0 unspecified atom stereocenters. The van der Waals surface area contributed by atoms with Crippen molar-refractivity contribution in [3.8, 4) is 11.5 Å². The fourth-order valence-electron chi connectivity index (χ4n) is 3.48. The van der Waals surface area contributed by atoms with Crippen LogP contribution in [-0.2, 0) is 10.9 Å². The number of halogens is 4. The quantitative estimate of drug-likeness (QED) is 0.356. The number of hydrogen-bond donors (Lipinski definition) is 0. The Morgan fingerprint density at radius 3 is 2.35 bits per heavy atom. The molecule has 10 heteroatoms. The summed E-state index contributed by atoms with van der Waals surface area (Å²) in [6.45, 7) is 2.34. The molecule has 0 aliphatic carbocycles. The van der Waals surface area contributed by atoms with Crippen LogP contribution < -0.4 is 9.64 Å². The molecule has 0 aromatic heterocycles. The largest absolute Gasteiger partial charge is 0.448 e. The van der Waals surface area contributed by atoms with E-state index < -0.39 is 22.4 Å². The Kier molecular flexibility index (Phi) is 5.63. The van der Waals surface area contributed by atoms with Gasteiger partial charge in [-0.3, -0.25) is 10.1 Å². The number of fused-ring (bicyclic) bond motifs is 1. The highest BCUT2D eigenvalue weighted by Crippen LogP contribution is 2.44. The summed E-state index contributed by atoms with van der Waals surface area (Å²) in [6, 6.07) is 11.1. The van der Waals surface area contributed by atoms with Crippen molar-refractivity contribution in [1.82, 2.24) is 0 Å². The second-order valence-electron chi connectivity index (χ2n) is 6.89. The highest BCUT2D eigenvalue weighted by Gasteiger charge is 2.33. The third-order valence-corrected chi connectivity index (χ3v) is 5.37. The van der Waals surface area contributed by atoms with Crippen molar-refractivity contribution in [3.63, 3.8) is 0 Å². The van der Waals surface area contributed by atoms with Gasteiger partial charge in [-0.1, -0.05) is 35.9 Å². The highest BCUT2D eigenvalue weighted by molar-refractivity contribution is 6.37. The van der Waals surface area contributed by atoms with E-state index in [-0.39, 0.29) is 16.5 Å². The maximum Gasteiger partial charge on any atom is 0.416 e. The molecule has 162 valence electrons. The van der Waals surface area contributed by atoms with Crippen molar-refractivity contribution in [1.29, 1.82) is 0 Å². The highest BCUT2D eigenvalue weighted by atomic mass is 35.5. The number of anilines is 1. The Balaban J connectivity index is 1.82. The molecule has 0 spiro atoms. The number of nitrogens with zero attached hydrogens (tertiary/aromatic N) is 2. The van der Waals surface area contributed by atoms with E-state index in [9.17, 15) is 23.3 Å². The summed E-state index contributed by atoms with van der Waals surface area (Å²) in [7, 11) is 0. The smallest absolute Gasteiger partial charge is 0.416 e. The van der Waals surface area contributed by atoms with Crippen LogP contribution in [0.5, 0.6) is 11.5 Å². The van der Waals surface area contributed by atoms with Crippen LogP contribution in [0.1, 0.15) is 5.56 Å². The van der Waals surface area contributed by atoms with Crippen LogP contribution in [0.3, 0.4) is 0 Å². The topological polar surface area (TPSA) is 64.8 Å². The molecule has 0 radical (unpaired) electrons. The van der Waals surface area contributed by atoms with Crippen LogP contribution in [0.2, 0.25) is 5.02 Å². The first-order valence-electron chi connectivity index (χ1n) is 9.33. The normalized spacial score (nSPS) is 14.6. The van der Waals surface area contributed by atoms with Gasteiger partial charge in [-0.15, -0.1) is 0 Å². The predicted octanol–water partition coefficient (Wildman–Crippen LogP) is 6.05. The third kappa shape index (κ3) is 4.24. The Labute approximate surface area is 179 Å². The summed E-state index contributed by atoms with van der Waals surface area (Å²) in [5.74, 6) is -0.215.